The molecule has 0 aliphatic heterocycles. The normalized spacial score (nSPS) is 10.0. The number of carbonyl (C=O) groups is 2. The van der Waals surface area contributed by atoms with Gasteiger partial charge in [0.2, 0.25) is 11.8 Å². The summed E-state index contributed by atoms with van der Waals surface area (Å²) in [6, 6.07) is 13.5. The fraction of sp³-hybridized carbons (Fsp3) is 0.167. The highest BCUT2D eigenvalue weighted by Crippen LogP contribution is 2.25. The monoisotopic (exact) mass is 375 g/mol. The SMILES string of the molecule is CC(=O)N(CCC(=O)Nc1ccc(Cl)c(Cl)c1)c1cccc(C#N)c1. The summed E-state index contributed by atoms with van der Waals surface area (Å²) >= 11 is 11.7. The molecule has 2 aromatic carbocycles. The first kappa shape index (κ1) is 18.8. The van der Waals surface area contributed by atoms with Gasteiger partial charge in [-0.1, -0.05) is 29.3 Å². The zero-order valence-electron chi connectivity index (χ0n) is 13.4. The Bertz CT molecular complexity index is 846. The number of nitrogens with one attached hydrogen (secondary N) is 1. The summed E-state index contributed by atoms with van der Waals surface area (Å²) in [4.78, 5) is 25.4. The highest BCUT2D eigenvalue weighted by molar-refractivity contribution is 6.42. The summed E-state index contributed by atoms with van der Waals surface area (Å²) in [5.74, 6) is -0.474. The van der Waals surface area contributed by atoms with Crippen LogP contribution in [0.1, 0.15) is 18.9 Å². The minimum absolute atomic E-state index is 0.0939. The second-order valence-corrected chi connectivity index (χ2v) is 6.07. The molecule has 0 fully saturated rings. The number of nitriles is 1. The van der Waals surface area contributed by atoms with Gasteiger partial charge in [0, 0.05) is 31.3 Å². The first-order valence-corrected chi connectivity index (χ1v) is 8.19. The predicted molar refractivity (Wildman–Crippen MR) is 98.9 cm³/mol. The Morgan fingerprint density at radius 3 is 2.56 bits per heavy atom. The summed E-state index contributed by atoms with van der Waals surface area (Å²) < 4.78 is 0. The third-order valence-corrected chi connectivity index (χ3v) is 4.17. The van der Waals surface area contributed by atoms with Gasteiger partial charge in [-0.3, -0.25) is 9.59 Å². The van der Waals surface area contributed by atoms with Crippen LogP contribution in [0.15, 0.2) is 42.5 Å². The van der Waals surface area contributed by atoms with Gasteiger partial charge in [0.1, 0.15) is 0 Å². The van der Waals surface area contributed by atoms with Crippen molar-refractivity contribution in [2.24, 2.45) is 0 Å². The second kappa shape index (κ2) is 8.52. The maximum absolute atomic E-state index is 12.1. The molecule has 25 heavy (non-hydrogen) atoms. The first-order chi connectivity index (χ1) is 11.9. The molecule has 0 spiro atoms. The van der Waals surface area contributed by atoms with Crippen molar-refractivity contribution in [3.8, 4) is 6.07 Å². The van der Waals surface area contributed by atoms with Crippen LogP contribution in [0.3, 0.4) is 0 Å². The lowest BCUT2D eigenvalue weighted by atomic mass is 10.2. The van der Waals surface area contributed by atoms with Crippen molar-refractivity contribution in [3.05, 3.63) is 58.1 Å². The number of halogens is 2. The van der Waals surface area contributed by atoms with E-state index in [0.29, 0.717) is 27.0 Å². The Morgan fingerprint density at radius 1 is 1.16 bits per heavy atom. The molecular formula is C18H15Cl2N3O2. The van der Waals surface area contributed by atoms with Gasteiger partial charge in [-0.05, 0) is 36.4 Å². The largest absolute Gasteiger partial charge is 0.326 e. The molecule has 0 unspecified atom stereocenters. The van der Waals surface area contributed by atoms with Crippen LogP contribution in [-0.4, -0.2) is 18.4 Å². The maximum Gasteiger partial charge on any atom is 0.226 e. The Hall–Kier alpha value is -2.55. The molecular weight excluding hydrogens is 361 g/mol. The Morgan fingerprint density at radius 2 is 1.92 bits per heavy atom. The van der Waals surface area contributed by atoms with E-state index in [2.05, 4.69) is 5.32 Å². The van der Waals surface area contributed by atoms with E-state index in [0.717, 1.165) is 0 Å². The minimum Gasteiger partial charge on any atom is -0.326 e. The van der Waals surface area contributed by atoms with E-state index < -0.39 is 0 Å². The molecule has 0 atom stereocenters. The molecule has 0 saturated carbocycles. The minimum atomic E-state index is -0.263. The van der Waals surface area contributed by atoms with Gasteiger partial charge in [-0.15, -0.1) is 0 Å². The standard InChI is InChI=1S/C18H15Cl2N3O2/c1-12(24)23(15-4-2-3-13(9-15)11-21)8-7-18(25)22-14-5-6-16(19)17(20)10-14/h2-6,9-10H,7-8H2,1H3,(H,22,25). The van der Waals surface area contributed by atoms with Crippen molar-refractivity contribution < 1.29 is 9.59 Å². The molecule has 7 heteroatoms. The average Bonchev–Trinajstić information content (AvgIpc) is 2.58. The van der Waals surface area contributed by atoms with Crippen molar-refractivity contribution in [2.45, 2.75) is 13.3 Å². The van der Waals surface area contributed by atoms with Gasteiger partial charge in [-0.2, -0.15) is 5.26 Å². The number of carbonyl (C=O) groups excluding carboxylic acids is 2. The van der Waals surface area contributed by atoms with Gasteiger partial charge in [0.25, 0.3) is 0 Å². The van der Waals surface area contributed by atoms with E-state index >= 15 is 0 Å². The fourth-order valence-corrected chi connectivity index (χ4v) is 2.52. The van der Waals surface area contributed by atoms with Gasteiger partial charge >= 0.3 is 0 Å². The van der Waals surface area contributed by atoms with Crippen LogP contribution in [0.25, 0.3) is 0 Å². The highest BCUT2D eigenvalue weighted by Gasteiger charge is 2.14. The van der Waals surface area contributed by atoms with Crippen LogP contribution in [0.2, 0.25) is 10.0 Å². The molecule has 0 aliphatic carbocycles. The fourth-order valence-electron chi connectivity index (χ4n) is 2.22. The average molecular weight is 376 g/mol. The quantitative estimate of drug-likeness (QED) is 0.848. The summed E-state index contributed by atoms with van der Waals surface area (Å²) in [5, 5.41) is 12.4. The molecule has 0 aromatic heterocycles. The van der Waals surface area contributed by atoms with E-state index in [4.69, 9.17) is 28.5 Å². The zero-order chi connectivity index (χ0) is 18.4. The molecule has 0 bridgehead atoms. The van der Waals surface area contributed by atoms with Crippen LogP contribution in [0.4, 0.5) is 11.4 Å². The molecule has 2 aromatic rings. The number of hydrogen-bond acceptors (Lipinski definition) is 3. The molecule has 0 saturated heterocycles. The molecule has 1 N–H and O–H groups in total. The summed E-state index contributed by atoms with van der Waals surface area (Å²) in [7, 11) is 0. The molecule has 0 radical (unpaired) electrons. The van der Waals surface area contributed by atoms with Crippen molar-refractivity contribution in [3.63, 3.8) is 0 Å². The molecule has 2 rings (SSSR count). The van der Waals surface area contributed by atoms with Crippen LogP contribution in [0, 0.1) is 11.3 Å². The van der Waals surface area contributed by atoms with E-state index in [-0.39, 0.29) is 24.8 Å². The molecule has 5 nitrogen and oxygen atoms in total. The number of rotatable bonds is 5. The third kappa shape index (κ3) is 5.21. The summed E-state index contributed by atoms with van der Waals surface area (Å²) in [6.45, 7) is 1.60. The molecule has 2 amide bonds. The van der Waals surface area contributed by atoms with Crippen LogP contribution >= 0.6 is 23.2 Å². The summed E-state index contributed by atoms with van der Waals surface area (Å²) in [5.41, 5.74) is 1.55. The van der Waals surface area contributed by atoms with Crippen molar-refractivity contribution in [1.29, 1.82) is 5.26 Å². The van der Waals surface area contributed by atoms with E-state index in [1.807, 2.05) is 6.07 Å². The highest BCUT2D eigenvalue weighted by atomic mass is 35.5. The number of nitrogens with zero attached hydrogens (tertiary/aromatic N) is 2. The van der Waals surface area contributed by atoms with Crippen LogP contribution in [0.5, 0.6) is 0 Å². The van der Waals surface area contributed by atoms with Gasteiger partial charge < -0.3 is 10.2 Å². The van der Waals surface area contributed by atoms with Gasteiger partial charge in [-0.25, -0.2) is 0 Å². The Kier molecular flexibility index (Phi) is 6.40. The third-order valence-electron chi connectivity index (χ3n) is 3.43. The van der Waals surface area contributed by atoms with Gasteiger partial charge in [0.05, 0.1) is 21.7 Å². The topological polar surface area (TPSA) is 73.2 Å². The summed E-state index contributed by atoms with van der Waals surface area (Å²) in [6.07, 6.45) is 0.0939. The number of amides is 2. The lowest BCUT2D eigenvalue weighted by Gasteiger charge is -2.21. The Labute approximate surface area is 155 Å². The van der Waals surface area contributed by atoms with Crippen molar-refractivity contribution >= 4 is 46.4 Å². The molecule has 0 aliphatic rings. The lowest BCUT2D eigenvalue weighted by Crippen LogP contribution is -2.32. The van der Waals surface area contributed by atoms with E-state index in [9.17, 15) is 9.59 Å². The predicted octanol–water partition coefficient (Wildman–Crippen LogP) is 4.25. The molecule has 128 valence electrons. The zero-order valence-corrected chi connectivity index (χ0v) is 14.9. The van der Waals surface area contributed by atoms with Crippen molar-refractivity contribution in [2.75, 3.05) is 16.8 Å². The van der Waals surface area contributed by atoms with Crippen LogP contribution in [-0.2, 0) is 9.59 Å². The first-order valence-electron chi connectivity index (χ1n) is 7.44. The van der Waals surface area contributed by atoms with Crippen molar-refractivity contribution in [1.82, 2.24) is 0 Å². The smallest absolute Gasteiger partial charge is 0.226 e. The number of anilines is 2. The van der Waals surface area contributed by atoms with Gasteiger partial charge in [0.15, 0.2) is 0 Å². The van der Waals surface area contributed by atoms with E-state index in [1.54, 1.807) is 42.5 Å². The number of benzene rings is 2. The molecule has 0 heterocycles. The number of hydrogen-bond donors (Lipinski definition) is 1. The maximum atomic E-state index is 12.1. The van der Waals surface area contributed by atoms with E-state index in [1.165, 1.54) is 11.8 Å². The van der Waals surface area contributed by atoms with Crippen LogP contribution < -0.4 is 10.2 Å². The Balaban J connectivity index is 2.03. The lowest BCUT2D eigenvalue weighted by molar-refractivity contribution is -0.117. The second-order valence-electron chi connectivity index (χ2n) is 5.26.